The Morgan fingerprint density at radius 1 is 1.21 bits per heavy atom. The molecule has 0 aromatic carbocycles. The number of hydrogen-bond acceptors (Lipinski definition) is 3. The predicted molar refractivity (Wildman–Crippen MR) is 78.2 cm³/mol. The van der Waals surface area contributed by atoms with Gasteiger partial charge in [-0.3, -0.25) is 0 Å². The number of rotatable bonds is 6. The van der Waals surface area contributed by atoms with Crippen LogP contribution in [0.1, 0.15) is 58.8 Å². The SMILES string of the molecule is CCC1(CC)C(NCC2CCCC(O)C2)CC1OC. The molecule has 2 aliphatic rings. The van der Waals surface area contributed by atoms with Crippen LogP contribution >= 0.6 is 0 Å². The van der Waals surface area contributed by atoms with Gasteiger partial charge < -0.3 is 15.2 Å². The van der Waals surface area contributed by atoms with E-state index in [9.17, 15) is 5.11 Å². The van der Waals surface area contributed by atoms with Crippen LogP contribution < -0.4 is 5.32 Å². The molecule has 3 heteroatoms. The first-order valence-corrected chi connectivity index (χ1v) is 8.10. The molecule has 2 aliphatic carbocycles. The standard InChI is InChI=1S/C16H31NO2/c1-4-16(5-2)14(10-15(16)19-3)17-11-12-7-6-8-13(18)9-12/h12-15,17-18H,4-11H2,1-3H3. The van der Waals surface area contributed by atoms with Crippen LogP contribution in [-0.2, 0) is 4.74 Å². The van der Waals surface area contributed by atoms with Gasteiger partial charge in [0.05, 0.1) is 12.2 Å². The smallest absolute Gasteiger partial charge is 0.0657 e. The van der Waals surface area contributed by atoms with Crippen molar-refractivity contribution in [1.29, 1.82) is 0 Å². The van der Waals surface area contributed by atoms with Gasteiger partial charge in [-0.2, -0.15) is 0 Å². The summed E-state index contributed by atoms with van der Waals surface area (Å²) in [5.41, 5.74) is 0.335. The average molecular weight is 269 g/mol. The maximum Gasteiger partial charge on any atom is 0.0657 e. The van der Waals surface area contributed by atoms with E-state index in [4.69, 9.17) is 4.74 Å². The van der Waals surface area contributed by atoms with Crippen molar-refractivity contribution < 1.29 is 9.84 Å². The summed E-state index contributed by atoms with van der Waals surface area (Å²) >= 11 is 0. The predicted octanol–water partition coefficient (Wildman–Crippen LogP) is 2.72. The fourth-order valence-electron chi connectivity index (χ4n) is 4.32. The monoisotopic (exact) mass is 269 g/mol. The molecule has 0 saturated heterocycles. The van der Waals surface area contributed by atoms with Crippen LogP contribution in [0.2, 0.25) is 0 Å². The molecule has 2 saturated carbocycles. The first kappa shape index (κ1) is 15.3. The lowest BCUT2D eigenvalue weighted by atomic mass is 9.58. The quantitative estimate of drug-likeness (QED) is 0.779. The normalized spacial score (nSPS) is 37.9. The van der Waals surface area contributed by atoms with E-state index in [1.54, 1.807) is 0 Å². The average Bonchev–Trinajstić information content (AvgIpc) is 2.39. The maximum atomic E-state index is 9.74. The lowest BCUT2D eigenvalue weighted by molar-refractivity contribution is -0.124. The molecule has 2 rings (SSSR count). The lowest BCUT2D eigenvalue weighted by Gasteiger charge is -2.55. The second kappa shape index (κ2) is 6.55. The van der Waals surface area contributed by atoms with Crippen LogP contribution in [0.4, 0.5) is 0 Å². The van der Waals surface area contributed by atoms with Crippen molar-refractivity contribution in [3.8, 4) is 0 Å². The van der Waals surface area contributed by atoms with E-state index in [-0.39, 0.29) is 6.10 Å². The minimum atomic E-state index is -0.0595. The third kappa shape index (κ3) is 2.98. The third-order valence-electron chi connectivity index (χ3n) is 5.79. The van der Waals surface area contributed by atoms with E-state index in [0.717, 1.165) is 25.8 Å². The first-order chi connectivity index (χ1) is 9.16. The molecule has 4 unspecified atom stereocenters. The zero-order chi connectivity index (χ0) is 13.9. The highest BCUT2D eigenvalue weighted by atomic mass is 16.5. The Bertz CT molecular complexity index is 278. The van der Waals surface area contributed by atoms with Gasteiger partial charge in [0.15, 0.2) is 0 Å². The van der Waals surface area contributed by atoms with E-state index in [1.165, 1.54) is 25.7 Å². The summed E-state index contributed by atoms with van der Waals surface area (Å²) in [4.78, 5) is 0. The molecule has 0 amide bonds. The van der Waals surface area contributed by atoms with Gasteiger partial charge in [0.25, 0.3) is 0 Å². The number of ether oxygens (including phenoxy) is 1. The Morgan fingerprint density at radius 3 is 2.53 bits per heavy atom. The molecule has 0 heterocycles. The Kier molecular flexibility index (Phi) is 5.27. The fraction of sp³-hybridized carbons (Fsp3) is 1.00. The Balaban J connectivity index is 1.82. The first-order valence-electron chi connectivity index (χ1n) is 8.10. The molecule has 0 aromatic rings. The van der Waals surface area contributed by atoms with Crippen molar-refractivity contribution in [3.05, 3.63) is 0 Å². The molecule has 2 N–H and O–H groups in total. The minimum Gasteiger partial charge on any atom is -0.393 e. The van der Waals surface area contributed by atoms with Crippen LogP contribution in [0.15, 0.2) is 0 Å². The number of hydrogen-bond donors (Lipinski definition) is 2. The summed E-state index contributed by atoms with van der Waals surface area (Å²) in [6.07, 6.45) is 8.33. The van der Waals surface area contributed by atoms with Gasteiger partial charge in [0.1, 0.15) is 0 Å². The summed E-state index contributed by atoms with van der Waals surface area (Å²) < 4.78 is 5.64. The van der Waals surface area contributed by atoms with Gasteiger partial charge in [-0.05, 0) is 51.0 Å². The highest BCUT2D eigenvalue weighted by molar-refractivity contribution is 5.06. The molecule has 4 atom stereocenters. The lowest BCUT2D eigenvalue weighted by Crippen LogP contribution is -2.63. The van der Waals surface area contributed by atoms with E-state index < -0.39 is 0 Å². The molecule has 0 radical (unpaired) electrons. The highest BCUT2D eigenvalue weighted by Crippen LogP contribution is 2.48. The fourth-order valence-corrected chi connectivity index (χ4v) is 4.32. The Hall–Kier alpha value is -0.120. The number of methoxy groups -OCH3 is 1. The van der Waals surface area contributed by atoms with Gasteiger partial charge in [0.2, 0.25) is 0 Å². The minimum absolute atomic E-state index is 0.0595. The zero-order valence-corrected chi connectivity index (χ0v) is 12.8. The molecular weight excluding hydrogens is 238 g/mol. The maximum absolute atomic E-state index is 9.74. The van der Waals surface area contributed by atoms with Gasteiger partial charge in [-0.15, -0.1) is 0 Å². The van der Waals surface area contributed by atoms with Crippen molar-refractivity contribution in [2.24, 2.45) is 11.3 Å². The van der Waals surface area contributed by atoms with E-state index in [0.29, 0.717) is 23.5 Å². The van der Waals surface area contributed by atoms with Crippen molar-refractivity contribution in [2.75, 3.05) is 13.7 Å². The van der Waals surface area contributed by atoms with Crippen LogP contribution in [0, 0.1) is 11.3 Å². The topological polar surface area (TPSA) is 41.5 Å². The highest BCUT2D eigenvalue weighted by Gasteiger charge is 2.52. The van der Waals surface area contributed by atoms with Crippen LogP contribution in [0.5, 0.6) is 0 Å². The summed E-state index contributed by atoms with van der Waals surface area (Å²) in [6.45, 7) is 5.64. The summed E-state index contributed by atoms with van der Waals surface area (Å²) in [7, 11) is 1.85. The molecule has 0 aliphatic heterocycles. The summed E-state index contributed by atoms with van der Waals surface area (Å²) in [6, 6.07) is 0.603. The van der Waals surface area contributed by atoms with Crippen molar-refractivity contribution in [2.45, 2.75) is 77.0 Å². The summed E-state index contributed by atoms with van der Waals surface area (Å²) in [5, 5.41) is 13.5. The van der Waals surface area contributed by atoms with E-state index in [2.05, 4.69) is 19.2 Å². The largest absolute Gasteiger partial charge is 0.393 e. The van der Waals surface area contributed by atoms with Crippen molar-refractivity contribution >= 4 is 0 Å². The molecule has 0 aromatic heterocycles. The molecule has 2 fully saturated rings. The number of aliphatic hydroxyl groups is 1. The van der Waals surface area contributed by atoms with Crippen molar-refractivity contribution in [1.82, 2.24) is 5.32 Å². The Morgan fingerprint density at radius 2 is 1.95 bits per heavy atom. The zero-order valence-electron chi connectivity index (χ0n) is 12.8. The second-order valence-electron chi connectivity index (χ2n) is 6.55. The van der Waals surface area contributed by atoms with E-state index >= 15 is 0 Å². The van der Waals surface area contributed by atoms with Gasteiger partial charge in [-0.1, -0.05) is 20.3 Å². The van der Waals surface area contributed by atoms with Gasteiger partial charge >= 0.3 is 0 Å². The van der Waals surface area contributed by atoms with Crippen molar-refractivity contribution in [3.63, 3.8) is 0 Å². The summed E-state index contributed by atoms with van der Waals surface area (Å²) in [5.74, 6) is 0.664. The number of nitrogens with one attached hydrogen (secondary N) is 1. The van der Waals surface area contributed by atoms with Crippen LogP contribution in [0.25, 0.3) is 0 Å². The third-order valence-corrected chi connectivity index (χ3v) is 5.79. The molecule has 112 valence electrons. The Labute approximate surface area is 118 Å². The van der Waals surface area contributed by atoms with Crippen LogP contribution in [0.3, 0.4) is 0 Å². The van der Waals surface area contributed by atoms with E-state index in [1.807, 2.05) is 7.11 Å². The molecule has 0 bridgehead atoms. The second-order valence-corrected chi connectivity index (χ2v) is 6.55. The molecule has 3 nitrogen and oxygen atoms in total. The molecule has 19 heavy (non-hydrogen) atoms. The molecule has 0 spiro atoms. The van der Waals surface area contributed by atoms with Gasteiger partial charge in [-0.25, -0.2) is 0 Å². The van der Waals surface area contributed by atoms with Crippen LogP contribution in [-0.4, -0.2) is 37.0 Å². The molecular formula is C16H31NO2. The number of aliphatic hydroxyl groups excluding tert-OH is 1. The van der Waals surface area contributed by atoms with Gasteiger partial charge in [0, 0.05) is 18.6 Å².